The van der Waals surface area contributed by atoms with E-state index < -0.39 is 22.5 Å². The molecular weight excluding hydrogens is 507 g/mol. The van der Waals surface area contributed by atoms with Gasteiger partial charge in [-0.25, -0.2) is 8.42 Å². The van der Waals surface area contributed by atoms with Crippen LogP contribution in [0.1, 0.15) is 42.3 Å². The van der Waals surface area contributed by atoms with Gasteiger partial charge in [0.05, 0.1) is 11.9 Å². The Morgan fingerprint density at radius 3 is 2.03 bits per heavy atom. The summed E-state index contributed by atoms with van der Waals surface area (Å²) in [6, 6.07) is 18.2. The van der Waals surface area contributed by atoms with Gasteiger partial charge >= 0.3 is 0 Å². The third kappa shape index (κ3) is 7.07. The van der Waals surface area contributed by atoms with E-state index in [4.69, 9.17) is 23.2 Å². The molecular formula is C26H26Cl2N2O4S. The van der Waals surface area contributed by atoms with Gasteiger partial charge in [-0.1, -0.05) is 80.4 Å². The summed E-state index contributed by atoms with van der Waals surface area (Å²) in [4.78, 5) is 25.7. The van der Waals surface area contributed by atoms with E-state index in [0.29, 0.717) is 16.8 Å². The first-order valence-corrected chi connectivity index (χ1v) is 13.3. The number of nitrogens with zero attached hydrogens (tertiary/aromatic N) is 1. The number of carbonyl (C=O) groups excluding carboxylic acids is 2. The van der Waals surface area contributed by atoms with Crippen LogP contribution in [0.2, 0.25) is 10.0 Å². The van der Waals surface area contributed by atoms with Gasteiger partial charge in [-0.2, -0.15) is 0 Å². The Bertz CT molecular complexity index is 1340. The van der Waals surface area contributed by atoms with Crippen molar-refractivity contribution >= 4 is 56.3 Å². The number of anilines is 2. The molecule has 3 aromatic rings. The van der Waals surface area contributed by atoms with E-state index in [-0.39, 0.29) is 26.9 Å². The molecule has 0 aromatic heterocycles. The van der Waals surface area contributed by atoms with E-state index in [9.17, 15) is 18.0 Å². The quantitative estimate of drug-likeness (QED) is 0.382. The first-order chi connectivity index (χ1) is 16.2. The summed E-state index contributed by atoms with van der Waals surface area (Å²) >= 11 is 12.0. The molecule has 1 amide bonds. The molecule has 6 nitrogen and oxygen atoms in total. The van der Waals surface area contributed by atoms with E-state index in [1.54, 1.807) is 36.4 Å². The van der Waals surface area contributed by atoms with Gasteiger partial charge in [-0.3, -0.25) is 13.9 Å². The van der Waals surface area contributed by atoms with Gasteiger partial charge in [-0.05, 0) is 41.3 Å². The van der Waals surface area contributed by atoms with Gasteiger partial charge < -0.3 is 5.32 Å². The highest BCUT2D eigenvalue weighted by atomic mass is 35.5. The van der Waals surface area contributed by atoms with Gasteiger partial charge in [-0.15, -0.1) is 0 Å². The molecule has 35 heavy (non-hydrogen) atoms. The number of nitrogens with one attached hydrogen (secondary N) is 1. The van der Waals surface area contributed by atoms with Crippen LogP contribution in [0.4, 0.5) is 11.4 Å². The second-order valence-corrected chi connectivity index (χ2v) is 12.0. The predicted molar refractivity (Wildman–Crippen MR) is 142 cm³/mol. The number of halogens is 2. The zero-order chi connectivity index (χ0) is 26.0. The Hall–Kier alpha value is -2.87. The van der Waals surface area contributed by atoms with Crippen molar-refractivity contribution in [3.8, 4) is 0 Å². The van der Waals surface area contributed by atoms with Crippen molar-refractivity contribution < 1.29 is 18.0 Å². The van der Waals surface area contributed by atoms with Crippen LogP contribution in [0.3, 0.4) is 0 Å². The van der Waals surface area contributed by atoms with Crippen LogP contribution in [0.25, 0.3) is 0 Å². The van der Waals surface area contributed by atoms with E-state index >= 15 is 0 Å². The first-order valence-electron chi connectivity index (χ1n) is 10.7. The molecule has 0 spiro atoms. The number of ketones is 1. The predicted octanol–water partition coefficient (Wildman–Crippen LogP) is 5.93. The molecule has 184 valence electrons. The monoisotopic (exact) mass is 532 g/mol. The lowest BCUT2D eigenvalue weighted by molar-refractivity contribution is -0.114. The van der Waals surface area contributed by atoms with Crippen LogP contribution >= 0.6 is 23.2 Å². The molecule has 1 N–H and O–H groups in total. The average molecular weight is 533 g/mol. The summed E-state index contributed by atoms with van der Waals surface area (Å²) in [5.41, 5.74) is 2.55. The zero-order valence-electron chi connectivity index (χ0n) is 19.8. The zero-order valence-corrected chi connectivity index (χ0v) is 22.1. The lowest BCUT2D eigenvalue weighted by Gasteiger charge is -2.22. The topological polar surface area (TPSA) is 83.6 Å². The van der Waals surface area contributed by atoms with Crippen LogP contribution in [0.15, 0.2) is 66.7 Å². The second-order valence-electron chi connectivity index (χ2n) is 9.18. The average Bonchev–Trinajstić information content (AvgIpc) is 2.75. The van der Waals surface area contributed by atoms with Gasteiger partial charge in [0.2, 0.25) is 15.9 Å². The second kappa shape index (κ2) is 10.4. The smallest absolute Gasteiger partial charge is 0.245 e. The molecule has 3 rings (SSSR count). The summed E-state index contributed by atoms with van der Waals surface area (Å²) < 4.78 is 25.6. The number of benzene rings is 3. The molecule has 0 aliphatic carbocycles. The van der Waals surface area contributed by atoms with Crippen molar-refractivity contribution in [1.82, 2.24) is 0 Å². The molecule has 0 unspecified atom stereocenters. The van der Waals surface area contributed by atoms with Crippen molar-refractivity contribution in [3.63, 3.8) is 0 Å². The van der Waals surface area contributed by atoms with Gasteiger partial charge in [0, 0.05) is 26.9 Å². The van der Waals surface area contributed by atoms with E-state index in [1.165, 1.54) is 18.2 Å². The fourth-order valence-electron chi connectivity index (χ4n) is 3.44. The summed E-state index contributed by atoms with van der Waals surface area (Å²) in [6.45, 7) is 5.80. The highest BCUT2D eigenvalue weighted by Crippen LogP contribution is 2.27. The van der Waals surface area contributed by atoms with Crippen molar-refractivity contribution in [2.75, 3.05) is 22.4 Å². The minimum Gasteiger partial charge on any atom is -0.324 e. The van der Waals surface area contributed by atoms with Crippen molar-refractivity contribution in [2.45, 2.75) is 26.2 Å². The maximum atomic E-state index is 13.0. The molecule has 0 bridgehead atoms. The molecule has 0 radical (unpaired) electrons. The van der Waals surface area contributed by atoms with Gasteiger partial charge in [0.25, 0.3) is 0 Å². The van der Waals surface area contributed by atoms with E-state index in [0.717, 1.165) is 16.1 Å². The van der Waals surface area contributed by atoms with Crippen LogP contribution in [-0.4, -0.2) is 32.9 Å². The Morgan fingerprint density at radius 1 is 0.886 bits per heavy atom. The third-order valence-corrected chi connectivity index (χ3v) is 6.82. The number of carbonyl (C=O) groups is 2. The normalized spacial score (nSPS) is 11.7. The van der Waals surface area contributed by atoms with Crippen molar-refractivity contribution in [2.24, 2.45) is 0 Å². The molecule has 0 saturated carbocycles. The lowest BCUT2D eigenvalue weighted by Crippen LogP contribution is -2.37. The molecule has 0 saturated heterocycles. The first kappa shape index (κ1) is 26.7. The van der Waals surface area contributed by atoms with Crippen LogP contribution in [-0.2, 0) is 20.2 Å². The number of hydrogen-bond acceptors (Lipinski definition) is 4. The minimum absolute atomic E-state index is 0.0257. The lowest BCUT2D eigenvalue weighted by atomic mass is 9.86. The van der Waals surface area contributed by atoms with Crippen molar-refractivity contribution in [3.05, 3.63) is 93.5 Å². The number of amides is 1. The fraction of sp³-hybridized carbons (Fsp3) is 0.231. The molecule has 0 aliphatic rings. The largest absolute Gasteiger partial charge is 0.324 e. The number of rotatable bonds is 7. The highest BCUT2D eigenvalue weighted by molar-refractivity contribution is 7.92. The van der Waals surface area contributed by atoms with E-state index in [1.807, 2.05) is 12.1 Å². The minimum atomic E-state index is -3.81. The highest BCUT2D eigenvalue weighted by Gasteiger charge is 2.22. The fourth-order valence-corrected chi connectivity index (χ4v) is 4.80. The molecule has 0 atom stereocenters. The van der Waals surface area contributed by atoms with Gasteiger partial charge in [0.1, 0.15) is 6.54 Å². The number of sulfonamides is 1. The SMILES string of the molecule is CC(C)(C)c1ccc(C(=O)c2cccc(NC(=O)CN(c3cc(Cl)cc(Cl)c3)S(C)(=O)=O)c2)cc1. The molecule has 9 heteroatoms. The Balaban J connectivity index is 1.78. The van der Waals surface area contributed by atoms with Crippen molar-refractivity contribution in [1.29, 1.82) is 0 Å². The van der Waals surface area contributed by atoms with Crippen LogP contribution in [0.5, 0.6) is 0 Å². The Morgan fingerprint density at radius 2 is 1.49 bits per heavy atom. The summed E-state index contributed by atoms with van der Waals surface area (Å²) in [7, 11) is -3.81. The standard InChI is InChI=1S/C26H26Cl2N2O4S/c1-26(2,3)19-10-8-17(9-11-19)25(32)18-6-5-7-22(12-18)29-24(31)16-30(35(4,33)34)23-14-20(27)13-21(28)15-23/h5-15H,16H2,1-4H3,(H,29,31). The molecule has 3 aromatic carbocycles. The van der Waals surface area contributed by atoms with Gasteiger partial charge in [0.15, 0.2) is 5.78 Å². The van der Waals surface area contributed by atoms with E-state index in [2.05, 4.69) is 26.1 Å². The summed E-state index contributed by atoms with van der Waals surface area (Å²) in [5.74, 6) is -0.779. The maximum Gasteiger partial charge on any atom is 0.245 e. The summed E-state index contributed by atoms with van der Waals surface area (Å²) in [6.07, 6.45) is 0.985. The number of hydrogen-bond donors (Lipinski definition) is 1. The molecule has 0 aliphatic heterocycles. The molecule has 0 heterocycles. The third-order valence-electron chi connectivity index (χ3n) is 5.24. The van der Waals surface area contributed by atoms with Crippen LogP contribution < -0.4 is 9.62 Å². The Kier molecular flexibility index (Phi) is 7.94. The molecule has 0 fully saturated rings. The maximum absolute atomic E-state index is 13.0. The Labute approximate surface area is 215 Å². The summed E-state index contributed by atoms with van der Waals surface area (Å²) in [5, 5.41) is 3.13. The van der Waals surface area contributed by atoms with Crippen LogP contribution in [0, 0.1) is 0 Å².